The number of carboxylic acids is 1. The van der Waals surface area contributed by atoms with E-state index < -0.39 is 17.5 Å². The molecule has 4 N–H and O–H groups in total. The van der Waals surface area contributed by atoms with Gasteiger partial charge in [-0.05, 0) is 55.3 Å². The molecule has 1 atom stereocenters. The number of halogens is 2. The Morgan fingerprint density at radius 2 is 1.66 bits per heavy atom. The number of nitrogens with zero attached hydrogens (tertiary/aromatic N) is 3. The van der Waals surface area contributed by atoms with Crippen LogP contribution in [0.5, 0.6) is 0 Å². The Morgan fingerprint density at radius 1 is 1.10 bits per heavy atom. The highest BCUT2D eigenvalue weighted by atomic mass is 35.5. The summed E-state index contributed by atoms with van der Waals surface area (Å²) in [5.41, 5.74) is 4.46. The van der Waals surface area contributed by atoms with E-state index in [2.05, 4.69) is 16.9 Å². The second-order valence-electron chi connectivity index (χ2n) is 10.0. The van der Waals surface area contributed by atoms with Crippen molar-refractivity contribution in [2.75, 3.05) is 0 Å². The monoisotopic (exact) mass is 590 g/mol. The molecule has 41 heavy (non-hydrogen) atoms. The fourth-order valence-corrected chi connectivity index (χ4v) is 5.40. The SMILES string of the molecule is C=N/C(=C\N(N)Cc1c(Cl)cccc1Cl)C(O)c1c(C)noc1-c1ccc(-c2ccc(C3(C(=O)O)CC3)cc2)cc1. The van der Waals surface area contributed by atoms with Gasteiger partial charge in [-0.1, -0.05) is 83.0 Å². The summed E-state index contributed by atoms with van der Waals surface area (Å²) in [5, 5.41) is 27.2. The third kappa shape index (κ3) is 5.64. The lowest BCUT2D eigenvalue weighted by Gasteiger charge is -2.19. The van der Waals surface area contributed by atoms with E-state index in [1.54, 1.807) is 25.1 Å². The van der Waals surface area contributed by atoms with Crippen LogP contribution < -0.4 is 5.84 Å². The Bertz CT molecular complexity index is 1610. The third-order valence-electron chi connectivity index (χ3n) is 7.42. The molecule has 0 saturated heterocycles. The van der Waals surface area contributed by atoms with E-state index in [9.17, 15) is 15.0 Å². The summed E-state index contributed by atoms with van der Waals surface area (Å²) in [6.07, 6.45) is 1.57. The molecule has 1 unspecified atom stereocenters. The first kappa shape index (κ1) is 28.6. The average molecular weight is 591 g/mol. The van der Waals surface area contributed by atoms with Crippen LogP contribution in [0.1, 0.15) is 41.3 Å². The maximum Gasteiger partial charge on any atom is 0.314 e. The number of hydrazine groups is 1. The summed E-state index contributed by atoms with van der Waals surface area (Å²) in [5.74, 6) is 5.81. The molecular formula is C31H28Cl2N4O4. The van der Waals surface area contributed by atoms with Gasteiger partial charge in [-0.15, -0.1) is 0 Å². The zero-order chi connectivity index (χ0) is 29.3. The molecule has 8 nitrogen and oxygen atoms in total. The van der Waals surface area contributed by atoms with Crippen LogP contribution in [0.15, 0.2) is 88.1 Å². The van der Waals surface area contributed by atoms with Crippen LogP contribution in [-0.2, 0) is 16.8 Å². The van der Waals surface area contributed by atoms with Gasteiger partial charge in [0.25, 0.3) is 0 Å². The predicted molar refractivity (Wildman–Crippen MR) is 159 cm³/mol. The highest BCUT2D eigenvalue weighted by Crippen LogP contribution is 2.48. The van der Waals surface area contributed by atoms with Crippen molar-refractivity contribution >= 4 is 35.9 Å². The number of aromatic nitrogens is 1. The molecule has 1 aromatic heterocycles. The van der Waals surface area contributed by atoms with Gasteiger partial charge in [0.05, 0.1) is 28.9 Å². The van der Waals surface area contributed by atoms with Crippen molar-refractivity contribution in [2.24, 2.45) is 10.8 Å². The van der Waals surface area contributed by atoms with Gasteiger partial charge in [0, 0.05) is 27.4 Å². The molecule has 1 heterocycles. The van der Waals surface area contributed by atoms with E-state index >= 15 is 0 Å². The predicted octanol–water partition coefficient (Wildman–Crippen LogP) is 6.69. The number of hydrogen-bond donors (Lipinski definition) is 3. The number of hydrogen-bond acceptors (Lipinski definition) is 7. The number of aliphatic hydroxyl groups excluding tert-OH is 1. The van der Waals surface area contributed by atoms with Crippen LogP contribution in [0.3, 0.4) is 0 Å². The van der Waals surface area contributed by atoms with Crippen molar-refractivity contribution in [3.63, 3.8) is 0 Å². The lowest BCUT2D eigenvalue weighted by Crippen LogP contribution is -2.26. The number of carboxylic acid groups (broad SMARTS) is 1. The summed E-state index contributed by atoms with van der Waals surface area (Å²) in [7, 11) is 0. The lowest BCUT2D eigenvalue weighted by atomic mass is 9.93. The van der Waals surface area contributed by atoms with Crippen LogP contribution in [0.4, 0.5) is 0 Å². The largest absolute Gasteiger partial charge is 0.481 e. The number of aliphatic imine (C=N–C) groups is 1. The second-order valence-corrected chi connectivity index (χ2v) is 10.9. The number of carbonyl (C=O) groups is 1. The molecule has 1 aliphatic rings. The van der Waals surface area contributed by atoms with E-state index in [1.165, 1.54) is 11.2 Å². The van der Waals surface area contributed by atoms with Crippen LogP contribution in [0, 0.1) is 6.92 Å². The first-order valence-corrected chi connectivity index (χ1v) is 13.6. The number of nitrogens with two attached hydrogens (primary N) is 1. The Hall–Kier alpha value is -3.95. The normalized spacial score (nSPS) is 14.9. The van der Waals surface area contributed by atoms with Crippen LogP contribution in [-0.4, -0.2) is 33.1 Å². The average Bonchev–Trinajstić information content (AvgIpc) is 3.70. The highest BCUT2D eigenvalue weighted by molar-refractivity contribution is 6.35. The Kier molecular flexibility index (Phi) is 8.02. The molecule has 5 rings (SSSR count). The van der Waals surface area contributed by atoms with E-state index in [0.29, 0.717) is 51.0 Å². The molecule has 3 aromatic carbocycles. The minimum Gasteiger partial charge on any atom is -0.481 e. The standard InChI is InChI=1S/C31H28Cl2N4O4/c1-18-27(28(38)26(35-2)17-37(34)16-23-24(32)4-3-5-25(23)33)29(41-36-18)21-8-6-19(7-9-21)20-10-12-22(13-11-20)31(14-15-31)30(39)40/h3-13,17,28,38H,2,14-16,34H2,1H3,(H,39,40)/b26-17-. The Morgan fingerprint density at radius 3 is 2.20 bits per heavy atom. The van der Waals surface area contributed by atoms with E-state index in [1.807, 2.05) is 48.5 Å². The molecule has 0 amide bonds. The van der Waals surface area contributed by atoms with Gasteiger partial charge in [-0.3, -0.25) is 9.79 Å². The molecule has 1 aliphatic carbocycles. The molecule has 0 bridgehead atoms. The fourth-order valence-electron chi connectivity index (χ4n) is 4.88. The summed E-state index contributed by atoms with van der Waals surface area (Å²) in [4.78, 5) is 15.6. The molecule has 0 radical (unpaired) electrons. The van der Waals surface area contributed by atoms with Crippen molar-refractivity contribution in [3.05, 3.63) is 111 Å². The van der Waals surface area contributed by atoms with Crippen molar-refractivity contribution in [1.29, 1.82) is 0 Å². The quantitative estimate of drug-likeness (QED) is 0.107. The zero-order valence-corrected chi connectivity index (χ0v) is 23.7. The van der Waals surface area contributed by atoms with Crippen LogP contribution in [0.2, 0.25) is 10.0 Å². The zero-order valence-electron chi connectivity index (χ0n) is 22.2. The van der Waals surface area contributed by atoms with E-state index in [4.69, 9.17) is 33.6 Å². The molecule has 0 aliphatic heterocycles. The highest BCUT2D eigenvalue weighted by Gasteiger charge is 2.51. The van der Waals surface area contributed by atoms with Gasteiger partial charge in [0.15, 0.2) is 5.76 Å². The van der Waals surface area contributed by atoms with Gasteiger partial charge >= 0.3 is 5.97 Å². The van der Waals surface area contributed by atoms with E-state index in [-0.39, 0.29) is 12.2 Å². The number of aliphatic hydroxyl groups is 1. The van der Waals surface area contributed by atoms with Gasteiger partial charge in [0.2, 0.25) is 0 Å². The van der Waals surface area contributed by atoms with Gasteiger partial charge in [0.1, 0.15) is 6.10 Å². The minimum absolute atomic E-state index is 0.180. The smallest absolute Gasteiger partial charge is 0.314 e. The van der Waals surface area contributed by atoms with Crippen molar-refractivity contribution < 1.29 is 19.5 Å². The van der Waals surface area contributed by atoms with Gasteiger partial charge in [-0.2, -0.15) is 0 Å². The van der Waals surface area contributed by atoms with E-state index in [0.717, 1.165) is 16.7 Å². The number of rotatable bonds is 10. The summed E-state index contributed by atoms with van der Waals surface area (Å²) in [6, 6.07) is 20.4. The minimum atomic E-state index is -1.22. The number of aryl methyl sites for hydroxylation is 1. The summed E-state index contributed by atoms with van der Waals surface area (Å²) in [6.45, 7) is 5.51. The Labute approximate surface area is 247 Å². The Balaban J connectivity index is 1.37. The molecular weight excluding hydrogens is 563 g/mol. The maximum absolute atomic E-state index is 11.6. The fraction of sp³-hybridized carbons (Fsp3) is 0.194. The van der Waals surface area contributed by atoms with Crippen molar-refractivity contribution in [3.8, 4) is 22.5 Å². The first-order chi connectivity index (χ1) is 19.6. The lowest BCUT2D eigenvalue weighted by molar-refractivity contribution is -0.140. The van der Waals surface area contributed by atoms with Crippen LogP contribution in [0.25, 0.3) is 22.5 Å². The van der Waals surface area contributed by atoms with Gasteiger partial charge < -0.3 is 19.7 Å². The van der Waals surface area contributed by atoms with Crippen LogP contribution >= 0.6 is 23.2 Å². The molecule has 10 heteroatoms. The summed E-state index contributed by atoms with van der Waals surface area (Å²) < 4.78 is 5.62. The number of benzene rings is 3. The number of aliphatic carboxylic acids is 1. The summed E-state index contributed by atoms with van der Waals surface area (Å²) >= 11 is 12.5. The maximum atomic E-state index is 11.6. The second kappa shape index (κ2) is 11.5. The molecule has 1 saturated carbocycles. The van der Waals surface area contributed by atoms with Crippen molar-refractivity contribution in [1.82, 2.24) is 10.2 Å². The first-order valence-electron chi connectivity index (χ1n) is 12.9. The topological polar surface area (TPSA) is 125 Å². The third-order valence-corrected chi connectivity index (χ3v) is 8.13. The molecule has 1 fully saturated rings. The van der Waals surface area contributed by atoms with Crippen molar-refractivity contribution in [2.45, 2.75) is 37.8 Å². The van der Waals surface area contributed by atoms with Gasteiger partial charge in [-0.25, -0.2) is 5.84 Å². The molecule has 4 aromatic rings. The molecule has 0 spiro atoms. The molecule has 210 valence electrons.